The van der Waals surface area contributed by atoms with Gasteiger partial charge >= 0.3 is 0 Å². The van der Waals surface area contributed by atoms with Crippen molar-refractivity contribution < 1.29 is 0 Å². The van der Waals surface area contributed by atoms with Crippen LogP contribution in [0.25, 0.3) is 0 Å². The van der Waals surface area contributed by atoms with Crippen LogP contribution in [0.1, 0.15) is 31.7 Å². The van der Waals surface area contributed by atoms with Gasteiger partial charge in [0.05, 0.1) is 0 Å². The molecular weight excluding hydrogens is 293 g/mol. The molecule has 20 heavy (non-hydrogen) atoms. The molecule has 2 rings (SSSR count). The molecule has 1 atom stereocenters. The average Bonchev–Trinajstić information content (AvgIpc) is 2.43. The summed E-state index contributed by atoms with van der Waals surface area (Å²) in [5.41, 5.74) is 1.06. The van der Waals surface area contributed by atoms with Crippen LogP contribution < -0.4 is 5.32 Å². The van der Waals surface area contributed by atoms with Gasteiger partial charge in [-0.05, 0) is 50.9 Å². The zero-order chi connectivity index (χ0) is 14.4. The van der Waals surface area contributed by atoms with Crippen molar-refractivity contribution in [1.29, 1.82) is 0 Å². The topological polar surface area (TPSA) is 28.2 Å². The molecule has 0 spiro atoms. The van der Waals surface area contributed by atoms with Crippen molar-refractivity contribution >= 4 is 23.2 Å². The third-order valence-electron chi connectivity index (χ3n) is 3.75. The van der Waals surface area contributed by atoms with E-state index >= 15 is 0 Å². The van der Waals surface area contributed by atoms with Crippen molar-refractivity contribution in [3.8, 4) is 0 Å². The number of halogens is 2. The van der Waals surface area contributed by atoms with Crippen molar-refractivity contribution in [3.05, 3.63) is 28.0 Å². The number of nitrogens with one attached hydrogen (secondary N) is 1. The van der Waals surface area contributed by atoms with Crippen LogP contribution in [0.3, 0.4) is 0 Å². The summed E-state index contributed by atoms with van der Waals surface area (Å²) in [5.74, 6) is 0.745. The maximum absolute atomic E-state index is 6.25. The summed E-state index contributed by atoms with van der Waals surface area (Å²) in [5, 5.41) is 4.65. The van der Waals surface area contributed by atoms with E-state index in [1.807, 2.05) is 0 Å². The van der Waals surface area contributed by atoms with Gasteiger partial charge in [-0.1, -0.05) is 30.1 Å². The first-order chi connectivity index (χ1) is 9.69. The molecule has 0 saturated carbocycles. The normalized spacial score (nSPS) is 19.5. The molecular formula is C15H23Cl2N3. The number of aromatic nitrogens is 1. The van der Waals surface area contributed by atoms with E-state index in [1.54, 1.807) is 12.3 Å². The van der Waals surface area contributed by atoms with Crippen LogP contribution in [0.2, 0.25) is 10.2 Å². The standard InChI is InChI=1S/C15H23Cl2N3/c1-2-6-20(10-12-4-3-5-18-8-12)11-13-9-19-15(17)7-14(13)16/h7,9,12,18H,2-6,8,10-11H2,1H3. The second kappa shape index (κ2) is 8.18. The highest BCUT2D eigenvalue weighted by atomic mass is 35.5. The molecule has 112 valence electrons. The molecule has 1 unspecified atom stereocenters. The fourth-order valence-electron chi connectivity index (χ4n) is 2.79. The number of pyridine rings is 1. The van der Waals surface area contributed by atoms with Crippen LogP contribution in [-0.2, 0) is 6.54 Å². The molecule has 1 N–H and O–H groups in total. The van der Waals surface area contributed by atoms with Crippen LogP contribution in [0.4, 0.5) is 0 Å². The summed E-state index contributed by atoms with van der Waals surface area (Å²) in [6.45, 7) is 7.58. The molecule has 0 amide bonds. The molecule has 1 fully saturated rings. The van der Waals surface area contributed by atoms with Crippen molar-refractivity contribution in [2.24, 2.45) is 5.92 Å². The lowest BCUT2D eigenvalue weighted by molar-refractivity contribution is 0.201. The highest BCUT2D eigenvalue weighted by molar-refractivity contribution is 6.34. The van der Waals surface area contributed by atoms with Gasteiger partial charge in [0.25, 0.3) is 0 Å². The highest BCUT2D eigenvalue weighted by Crippen LogP contribution is 2.21. The zero-order valence-corrected chi connectivity index (χ0v) is 13.6. The molecule has 0 bridgehead atoms. The molecule has 0 aliphatic carbocycles. The van der Waals surface area contributed by atoms with Crippen molar-refractivity contribution in [1.82, 2.24) is 15.2 Å². The molecule has 1 saturated heterocycles. The SMILES string of the molecule is CCCN(Cc1cnc(Cl)cc1Cl)CC1CCCNC1. The number of hydrogen-bond donors (Lipinski definition) is 1. The van der Waals surface area contributed by atoms with Crippen LogP contribution in [0.5, 0.6) is 0 Å². The second-order valence-corrected chi connectivity index (χ2v) is 6.34. The van der Waals surface area contributed by atoms with Gasteiger partial charge in [-0.25, -0.2) is 4.98 Å². The predicted octanol–water partition coefficient (Wildman–Crippen LogP) is 3.60. The van der Waals surface area contributed by atoms with Crippen LogP contribution >= 0.6 is 23.2 Å². The smallest absolute Gasteiger partial charge is 0.130 e. The van der Waals surface area contributed by atoms with Crippen molar-refractivity contribution in [3.63, 3.8) is 0 Å². The summed E-state index contributed by atoms with van der Waals surface area (Å²) in [6, 6.07) is 1.73. The van der Waals surface area contributed by atoms with Gasteiger partial charge in [0, 0.05) is 29.9 Å². The quantitative estimate of drug-likeness (QED) is 0.813. The summed E-state index contributed by atoms with van der Waals surface area (Å²) in [4.78, 5) is 6.62. The Morgan fingerprint density at radius 1 is 1.45 bits per heavy atom. The van der Waals surface area contributed by atoms with E-state index < -0.39 is 0 Å². The Balaban J connectivity index is 1.96. The number of rotatable bonds is 6. The Bertz CT molecular complexity index is 420. The van der Waals surface area contributed by atoms with E-state index in [0.29, 0.717) is 10.2 Å². The molecule has 3 nitrogen and oxygen atoms in total. The number of nitrogens with zero attached hydrogens (tertiary/aromatic N) is 2. The van der Waals surface area contributed by atoms with E-state index in [9.17, 15) is 0 Å². The third kappa shape index (κ3) is 4.88. The summed E-state index contributed by atoms with van der Waals surface area (Å²) >= 11 is 12.1. The monoisotopic (exact) mass is 315 g/mol. The van der Waals surface area contributed by atoms with Gasteiger partial charge < -0.3 is 5.32 Å². The van der Waals surface area contributed by atoms with Crippen LogP contribution in [-0.4, -0.2) is 36.1 Å². The highest BCUT2D eigenvalue weighted by Gasteiger charge is 2.17. The zero-order valence-electron chi connectivity index (χ0n) is 12.0. The van der Waals surface area contributed by atoms with Gasteiger partial charge in [-0.2, -0.15) is 0 Å². The third-order valence-corrected chi connectivity index (χ3v) is 4.30. The fourth-order valence-corrected chi connectivity index (χ4v) is 3.21. The Morgan fingerprint density at radius 3 is 2.95 bits per heavy atom. The fraction of sp³-hybridized carbons (Fsp3) is 0.667. The van der Waals surface area contributed by atoms with Gasteiger partial charge in [0.2, 0.25) is 0 Å². The van der Waals surface area contributed by atoms with Gasteiger partial charge in [0.15, 0.2) is 0 Å². The van der Waals surface area contributed by atoms with Crippen molar-refractivity contribution in [2.75, 3.05) is 26.2 Å². The minimum atomic E-state index is 0.456. The second-order valence-electron chi connectivity index (χ2n) is 5.55. The molecule has 1 aromatic heterocycles. The molecule has 0 aromatic carbocycles. The minimum absolute atomic E-state index is 0.456. The van der Waals surface area contributed by atoms with Gasteiger partial charge in [0.1, 0.15) is 5.15 Å². The minimum Gasteiger partial charge on any atom is -0.316 e. The van der Waals surface area contributed by atoms with E-state index in [-0.39, 0.29) is 0 Å². The van der Waals surface area contributed by atoms with Crippen LogP contribution in [0, 0.1) is 5.92 Å². The van der Waals surface area contributed by atoms with E-state index in [2.05, 4.69) is 22.1 Å². The van der Waals surface area contributed by atoms with Crippen molar-refractivity contribution in [2.45, 2.75) is 32.7 Å². The Hall–Kier alpha value is -0.350. The Labute approximate surface area is 131 Å². The van der Waals surface area contributed by atoms with Gasteiger partial charge in [-0.3, -0.25) is 4.90 Å². The molecule has 1 aromatic rings. The molecule has 1 aliphatic heterocycles. The van der Waals surface area contributed by atoms with E-state index in [1.165, 1.54) is 12.8 Å². The Morgan fingerprint density at radius 2 is 2.30 bits per heavy atom. The summed E-state index contributed by atoms with van der Waals surface area (Å²) in [7, 11) is 0. The van der Waals surface area contributed by atoms with E-state index in [0.717, 1.165) is 50.6 Å². The lowest BCUT2D eigenvalue weighted by atomic mass is 9.99. The Kier molecular flexibility index (Phi) is 6.56. The van der Waals surface area contributed by atoms with Gasteiger partial charge in [-0.15, -0.1) is 0 Å². The maximum Gasteiger partial charge on any atom is 0.130 e. The molecule has 1 aliphatic rings. The first-order valence-electron chi connectivity index (χ1n) is 7.42. The lowest BCUT2D eigenvalue weighted by Gasteiger charge is -2.30. The average molecular weight is 316 g/mol. The largest absolute Gasteiger partial charge is 0.316 e. The lowest BCUT2D eigenvalue weighted by Crippen LogP contribution is -2.38. The molecule has 2 heterocycles. The summed E-state index contributed by atoms with van der Waals surface area (Å²) in [6.07, 6.45) is 5.55. The number of hydrogen-bond acceptors (Lipinski definition) is 3. The molecule has 5 heteroatoms. The maximum atomic E-state index is 6.25. The molecule has 0 radical (unpaired) electrons. The summed E-state index contributed by atoms with van der Waals surface area (Å²) < 4.78 is 0. The number of piperidine rings is 1. The first-order valence-corrected chi connectivity index (χ1v) is 8.17. The van der Waals surface area contributed by atoms with E-state index in [4.69, 9.17) is 23.2 Å². The predicted molar refractivity (Wildman–Crippen MR) is 85.4 cm³/mol. The van der Waals surface area contributed by atoms with Crippen LogP contribution in [0.15, 0.2) is 12.3 Å². The first kappa shape index (κ1) is 16.0.